The fraction of sp³-hybridized carbons (Fsp3) is 0.100. The van der Waals surface area contributed by atoms with Crippen LogP contribution in [0.2, 0.25) is 0 Å². The first-order valence-corrected chi connectivity index (χ1v) is 4.12. The summed E-state index contributed by atoms with van der Waals surface area (Å²) in [7, 11) is 0. The van der Waals surface area contributed by atoms with E-state index in [1.807, 2.05) is 19.1 Å². The van der Waals surface area contributed by atoms with Crippen LogP contribution < -0.4 is 11.2 Å². The van der Waals surface area contributed by atoms with E-state index in [1.54, 1.807) is 12.1 Å². The van der Waals surface area contributed by atoms with E-state index in [0.717, 1.165) is 16.9 Å². The molecule has 0 amide bonds. The van der Waals surface area contributed by atoms with Gasteiger partial charge in [0.2, 0.25) is 0 Å². The topological polar surface area (TPSA) is 60.5 Å². The molecule has 1 aromatic heterocycles. The molecule has 0 saturated carbocycles. The van der Waals surface area contributed by atoms with Gasteiger partial charge >= 0.3 is 0 Å². The number of aromatic nitrogens is 1. The highest BCUT2D eigenvalue weighted by Crippen LogP contribution is 2.10. The van der Waals surface area contributed by atoms with Crippen LogP contribution in [0.4, 0.5) is 5.69 Å². The third-order valence-corrected chi connectivity index (χ3v) is 2.03. The normalized spacial score (nSPS) is 10.6. The van der Waals surface area contributed by atoms with Gasteiger partial charge in [-0.05, 0) is 13.0 Å². The zero-order valence-corrected chi connectivity index (χ0v) is 7.42. The Kier molecular flexibility index (Phi) is 1.67. The summed E-state index contributed by atoms with van der Waals surface area (Å²) in [6.45, 7) is 1.87. The Hall–Kier alpha value is -1.61. The number of aryl methyl sites for hydroxylation is 1. The molecule has 13 heavy (non-hydrogen) atoms. The van der Waals surface area contributed by atoms with Crippen LogP contribution in [0, 0.1) is 6.92 Å². The Morgan fingerprint density at radius 1 is 1.31 bits per heavy atom. The number of aromatic amines is 1. The average Bonchev–Trinajstić information content (AvgIpc) is 2.06. The third kappa shape index (κ3) is 1.34. The second-order valence-corrected chi connectivity index (χ2v) is 3.20. The van der Waals surface area contributed by atoms with Crippen molar-refractivity contribution in [2.75, 3.05) is 0 Å². The molecule has 0 aliphatic heterocycles. The SMILES string of the molecule is Cc1cc(=O)c2cc([NH3+])ccc2[nH]1. The van der Waals surface area contributed by atoms with Gasteiger partial charge in [-0.15, -0.1) is 0 Å². The summed E-state index contributed by atoms with van der Waals surface area (Å²) in [6, 6.07) is 7.17. The molecule has 2 rings (SSSR count). The summed E-state index contributed by atoms with van der Waals surface area (Å²) in [5, 5.41) is 0.707. The lowest BCUT2D eigenvalue weighted by Crippen LogP contribution is -2.40. The number of hydrogen-bond donors (Lipinski definition) is 2. The van der Waals surface area contributed by atoms with Gasteiger partial charge in [0.05, 0.1) is 5.39 Å². The third-order valence-electron chi connectivity index (χ3n) is 2.03. The molecule has 3 heteroatoms. The van der Waals surface area contributed by atoms with Gasteiger partial charge in [-0.25, -0.2) is 0 Å². The van der Waals surface area contributed by atoms with Gasteiger partial charge in [0, 0.05) is 29.4 Å². The van der Waals surface area contributed by atoms with Gasteiger partial charge < -0.3 is 10.7 Å². The Morgan fingerprint density at radius 2 is 2.08 bits per heavy atom. The highest BCUT2D eigenvalue weighted by atomic mass is 16.1. The van der Waals surface area contributed by atoms with Gasteiger partial charge in [-0.2, -0.15) is 0 Å². The fourth-order valence-electron chi connectivity index (χ4n) is 1.43. The Labute approximate surface area is 75.2 Å². The molecule has 0 fully saturated rings. The summed E-state index contributed by atoms with van der Waals surface area (Å²) in [4.78, 5) is 14.6. The van der Waals surface area contributed by atoms with Crippen LogP contribution in [-0.2, 0) is 0 Å². The van der Waals surface area contributed by atoms with Crippen molar-refractivity contribution in [2.24, 2.45) is 0 Å². The molecule has 0 radical (unpaired) electrons. The highest BCUT2D eigenvalue weighted by Gasteiger charge is 2.00. The van der Waals surface area contributed by atoms with Crippen LogP contribution in [0.25, 0.3) is 10.9 Å². The quantitative estimate of drug-likeness (QED) is 0.608. The van der Waals surface area contributed by atoms with Crippen LogP contribution in [0.5, 0.6) is 0 Å². The minimum atomic E-state index is 0.0525. The summed E-state index contributed by atoms with van der Waals surface area (Å²) in [5.41, 5.74) is 6.45. The molecule has 0 unspecified atom stereocenters. The number of nitrogens with one attached hydrogen (secondary N) is 1. The molecule has 1 aromatic carbocycles. The van der Waals surface area contributed by atoms with Gasteiger partial charge in [0.15, 0.2) is 5.43 Å². The van der Waals surface area contributed by atoms with Crippen LogP contribution in [0.3, 0.4) is 0 Å². The van der Waals surface area contributed by atoms with Crippen LogP contribution in [0.1, 0.15) is 5.69 Å². The lowest BCUT2D eigenvalue weighted by Gasteiger charge is -1.98. The minimum Gasteiger partial charge on any atom is -0.358 e. The Balaban J connectivity index is 2.95. The molecule has 3 nitrogen and oxygen atoms in total. The first kappa shape index (κ1) is 8.01. The zero-order valence-electron chi connectivity index (χ0n) is 7.42. The van der Waals surface area contributed by atoms with Crippen LogP contribution >= 0.6 is 0 Å². The molecular weight excluding hydrogens is 164 g/mol. The minimum absolute atomic E-state index is 0.0525. The second-order valence-electron chi connectivity index (χ2n) is 3.20. The van der Waals surface area contributed by atoms with Gasteiger partial charge in [-0.1, -0.05) is 0 Å². The lowest BCUT2D eigenvalue weighted by atomic mass is 10.2. The molecule has 4 N–H and O–H groups in total. The maximum Gasteiger partial charge on any atom is 0.189 e. The predicted octanol–water partition coefficient (Wildman–Crippen LogP) is 0.710. The molecule has 0 saturated heterocycles. The van der Waals surface area contributed by atoms with Gasteiger partial charge in [0.1, 0.15) is 5.69 Å². The van der Waals surface area contributed by atoms with Crippen LogP contribution in [-0.4, -0.2) is 4.98 Å². The number of rotatable bonds is 0. The van der Waals surface area contributed by atoms with E-state index in [9.17, 15) is 4.79 Å². The summed E-state index contributed by atoms with van der Waals surface area (Å²) in [5.74, 6) is 0. The molecule has 0 bridgehead atoms. The molecule has 0 atom stereocenters. The second kappa shape index (κ2) is 2.71. The van der Waals surface area contributed by atoms with Gasteiger partial charge in [-0.3, -0.25) is 4.79 Å². The predicted molar refractivity (Wildman–Crippen MR) is 51.9 cm³/mol. The van der Waals surface area contributed by atoms with Crippen molar-refractivity contribution >= 4 is 16.6 Å². The largest absolute Gasteiger partial charge is 0.358 e. The first-order valence-electron chi connectivity index (χ1n) is 4.12. The molecule has 0 aliphatic rings. The molecule has 1 heterocycles. The van der Waals surface area contributed by atoms with Gasteiger partial charge in [0.25, 0.3) is 0 Å². The lowest BCUT2D eigenvalue weighted by molar-refractivity contribution is -0.254. The van der Waals surface area contributed by atoms with E-state index in [-0.39, 0.29) is 5.43 Å². The number of fused-ring (bicyclic) bond motifs is 1. The summed E-state index contributed by atoms with van der Waals surface area (Å²) in [6.07, 6.45) is 0. The molecular formula is C10H11N2O+. The highest BCUT2D eigenvalue weighted by molar-refractivity contribution is 5.80. The Morgan fingerprint density at radius 3 is 2.85 bits per heavy atom. The molecule has 2 aromatic rings. The van der Waals surface area contributed by atoms with Crippen molar-refractivity contribution in [2.45, 2.75) is 6.92 Å². The number of quaternary nitrogens is 1. The van der Waals surface area contributed by atoms with Crippen molar-refractivity contribution < 1.29 is 5.73 Å². The van der Waals surface area contributed by atoms with Crippen molar-refractivity contribution in [3.05, 3.63) is 40.2 Å². The monoisotopic (exact) mass is 175 g/mol. The number of hydrogen-bond acceptors (Lipinski definition) is 1. The van der Waals surface area contributed by atoms with Crippen molar-refractivity contribution in [1.82, 2.24) is 4.98 Å². The van der Waals surface area contributed by atoms with E-state index in [4.69, 9.17) is 0 Å². The van der Waals surface area contributed by atoms with Crippen molar-refractivity contribution in [3.63, 3.8) is 0 Å². The van der Waals surface area contributed by atoms with Crippen LogP contribution in [0.15, 0.2) is 29.1 Å². The molecule has 0 aliphatic carbocycles. The van der Waals surface area contributed by atoms with Crippen molar-refractivity contribution in [3.8, 4) is 0 Å². The van der Waals surface area contributed by atoms with E-state index in [0.29, 0.717) is 5.39 Å². The molecule has 66 valence electrons. The average molecular weight is 175 g/mol. The number of benzene rings is 1. The Bertz CT molecular complexity index is 514. The van der Waals surface area contributed by atoms with Crippen molar-refractivity contribution in [1.29, 1.82) is 0 Å². The first-order chi connectivity index (χ1) is 6.16. The van der Waals surface area contributed by atoms with E-state index < -0.39 is 0 Å². The number of H-pyrrole nitrogens is 1. The smallest absolute Gasteiger partial charge is 0.189 e. The standard InChI is InChI=1S/C10H10N2O/c1-6-4-10(13)8-5-7(11)2-3-9(8)12-6/h2-5H,11H2,1H3,(H,12,13)/p+1. The number of pyridine rings is 1. The molecule has 0 spiro atoms. The van der Waals surface area contributed by atoms with E-state index in [2.05, 4.69) is 10.7 Å². The maximum absolute atomic E-state index is 11.5. The summed E-state index contributed by atoms with van der Waals surface area (Å²) >= 11 is 0. The summed E-state index contributed by atoms with van der Waals surface area (Å²) < 4.78 is 0. The van der Waals surface area contributed by atoms with E-state index >= 15 is 0 Å². The maximum atomic E-state index is 11.5. The fourth-order valence-corrected chi connectivity index (χ4v) is 1.43. The zero-order chi connectivity index (χ0) is 9.42. The van der Waals surface area contributed by atoms with E-state index in [1.165, 1.54) is 0 Å².